The molecule has 0 aliphatic carbocycles. The lowest BCUT2D eigenvalue weighted by Gasteiger charge is -2.11. The highest BCUT2D eigenvalue weighted by atomic mass is 32.1. The number of thiocarbonyl (C=S) groups is 1. The SMILES string of the molecule is CCOC(=O)c1cc(NC(=S)c2ccoc2C)ccc1C. The summed E-state index contributed by atoms with van der Waals surface area (Å²) in [6.07, 6.45) is 1.60. The number of esters is 1. The predicted molar refractivity (Wildman–Crippen MR) is 85.9 cm³/mol. The summed E-state index contributed by atoms with van der Waals surface area (Å²) in [5, 5.41) is 3.11. The largest absolute Gasteiger partial charge is 0.469 e. The standard InChI is InChI=1S/C16H17NO3S/c1-4-19-16(18)14-9-12(6-5-10(14)2)17-15(21)13-7-8-20-11(13)3/h5-9H,4H2,1-3H3,(H,17,21). The highest BCUT2D eigenvalue weighted by Crippen LogP contribution is 2.19. The Hall–Kier alpha value is -2.14. The van der Waals surface area contributed by atoms with Crippen LogP contribution in [0.25, 0.3) is 0 Å². The number of nitrogens with one attached hydrogen (secondary N) is 1. The first-order valence-corrected chi connectivity index (χ1v) is 7.07. The van der Waals surface area contributed by atoms with Crippen LogP contribution in [0.3, 0.4) is 0 Å². The summed E-state index contributed by atoms with van der Waals surface area (Å²) in [6.45, 7) is 5.85. The van der Waals surface area contributed by atoms with Crippen LogP contribution in [0.15, 0.2) is 34.9 Å². The third kappa shape index (κ3) is 3.49. The van der Waals surface area contributed by atoms with Crippen LogP contribution in [-0.4, -0.2) is 17.6 Å². The summed E-state index contributed by atoms with van der Waals surface area (Å²) >= 11 is 5.35. The maximum absolute atomic E-state index is 11.9. The quantitative estimate of drug-likeness (QED) is 0.686. The maximum atomic E-state index is 11.9. The number of furan rings is 1. The van der Waals surface area contributed by atoms with Gasteiger partial charge >= 0.3 is 5.97 Å². The lowest BCUT2D eigenvalue weighted by atomic mass is 10.1. The minimum atomic E-state index is -0.330. The Bertz CT molecular complexity index is 676. The van der Waals surface area contributed by atoms with E-state index in [0.717, 1.165) is 22.6 Å². The Balaban J connectivity index is 2.21. The van der Waals surface area contributed by atoms with Crippen LogP contribution in [0.5, 0.6) is 0 Å². The van der Waals surface area contributed by atoms with Gasteiger partial charge in [-0.15, -0.1) is 0 Å². The van der Waals surface area contributed by atoms with Gasteiger partial charge in [-0.3, -0.25) is 0 Å². The Morgan fingerprint density at radius 1 is 1.29 bits per heavy atom. The molecule has 0 saturated carbocycles. The van der Waals surface area contributed by atoms with Crippen molar-refractivity contribution in [2.45, 2.75) is 20.8 Å². The maximum Gasteiger partial charge on any atom is 0.338 e. The molecule has 0 bridgehead atoms. The van der Waals surface area contributed by atoms with Crippen molar-refractivity contribution in [1.82, 2.24) is 0 Å². The molecule has 0 radical (unpaired) electrons. The summed E-state index contributed by atoms with van der Waals surface area (Å²) < 4.78 is 10.3. The van der Waals surface area contributed by atoms with E-state index in [2.05, 4.69) is 5.32 Å². The number of ether oxygens (including phenoxy) is 1. The van der Waals surface area contributed by atoms with E-state index in [1.807, 2.05) is 32.0 Å². The topological polar surface area (TPSA) is 51.5 Å². The van der Waals surface area contributed by atoms with Gasteiger partial charge in [-0.1, -0.05) is 18.3 Å². The van der Waals surface area contributed by atoms with Crippen molar-refractivity contribution in [2.24, 2.45) is 0 Å². The van der Waals surface area contributed by atoms with E-state index in [4.69, 9.17) is 21.4 Å². The van der Waals surface area contributed by atoms with E-state index >= 15 is 0 Å². The van der Waals surface area contributed by atoms with Crippen LogP contribution in [0.1, 0.15) is 34.2 Å². The van der Waals surface area contributed by atoms with Crippen molar-refractivity contribution in [1.29, 1.82) is 0 Å². The zero-order chi connectivity index (χ0) is 15.4. The van der Waals surface area contributed by atoms with Crippen molar-refractivity contribution >= 4 is 28.9 Å². The molecule has 1 aromatic carbocycles. The summed E-state index contributed by atoms with van der Waals surface area (Å²) in [5.74, 6) is 0.425. The van der Waals surface area contributed by atoms with Gasteiger partial charge in [-0.25, -0.2) is 4.79 Å². The van der Waals surface area contributed by atoms with Crippen LogP contribution in [0.4, 0.5) is 5.69 Å². The number of rotatable bonds is 4. The number of anilines is 1. The van der Waals surface area contributed by atoms with Gasteiger partial charge in [0.15, 0.2) is 0 Å². The second-order valence-electron chi connectivity index (χ2n) is 4.59. The zero-order valence-electron chi connectivity index (χ0n) is 12.2. The van der Waals surface area contributed by atoms with E-state index in [-0.39, 0.29) is 5.97 Å². The molecular formula is C16H17NO3S. The minimum absolute atomic E-state index is 0.330. The molecule has 0 amide bonds. The van der Waals surface area contributed by atoms with Crippen LogP contribution in [0, 0.1) is 13.8 Å². The van der Waals surface area contributed by atoms with Crippen molar-refractivity contribution in [3.63, 3.8) is 0 Å². The van der Waals surface area contributed by atoms with Crippen LogP contribution in [0.2, 0.25) is 0 Å². The average molecular weight is 303 g/mol. The lowest BCUT2D eigenvalue weighted by Crippen LogP contribution is -2.12. The summed E-state index contributed by atoms with van der Waals surface area (Å²) in [4.78, 5) is 12.4. The first-order chi connectivity index (χ1) is 10.0. The number of carbonyl (C=O) groups excluding carboxylic acids is 1. The normalized spacial score (nSPS) is 10.2. The van der Waals surface area contributed by atoms with Crippen molar-refractivity contribution in [2.75, 3.05) is 11.9 Å². The van der Waals surface area contributed by atoms with Crippen LogP contribution >= 0.6 is 12.2 Å². The number of hydrogen-bond acceptors (Lipinski definition) is 4. The number of hydrogen-bond donors (Lipinski definition) is 1. The Morgan fingerprint density at radius 2 is 2.05 bits per heavy atom. The number of aryl methyl sites for hydroxylation is 2. The fraction of sp³-hybridized carbons (Fsp3) is 0.250. The van der Waals surface area contributed by atoms with Gasteiger partial charge in [0.2, 0.25) is 0 Å². The molecule has 0 fully saturated rings. The Morgan fingerprint density at radius 3 is 2.67 bits per heavy atom. The second-order valence-corrected chi connectivity index (χ2v) is 5.00. The van der Waals surface area contributed by atoms with Gasteiger partial charge in [-0.05, 0) is 44.5 Å². The highest BCUT2D eigenvalue weighted by Gasteiger charge is 2.12. The molecule has 0 atom stereocenters. The second kappa shape index (κ2) is 6.54. The molecule has 2 rings (SSSR count). The fourth-order valence-corrected chi connectivity index (χ4v) is 2.28. The fourth-order valence-electron chi connectivity index (χ4n) is 1.95. The molecule has 110 valence electrons. The molecule has 0 aliphatic rings. The van der Waals surface area contributed by atoms with Gasteiger partial charge in [0, 0.05) is 5.69 Å². The smallest absolute Gasteiger partial charge is 0.338 e. The monoisotopic (exact) mass is 303 g/mol. The molecule has 0 unspecified atom stereocenters. The van der Waals surface area contributed by atoms with Crippen molar-refractivity contribution < 1.29 is 13.9 Å². The van der Waals surface area contributed by atoms with Gasteiger partial charge in [0.05, 0.1) is 24.0 Å². The van der Waals surface area contributed by atoms with Crippen molar-refractivity contribution in [3.05, 3.63) is 53.0 Å². The third-order valence-corrected chi connectivity index (χ3v) is 3.42. The molecule has 5 heteroatoms. The average Bonchev–Trinajstić information content (AvgIpc) is 2.87. The predicted octanol–water partition coefficient (Wildman–Crippen LogP) is 3.86. The zero-order valence-corrected chi connectivity index (χ0v) is 13.0. The van der Waals surface area contributed by atoms with E-state index in [1.165, 1.54) is 0 Å². The van der Waals surface area contributed by atoms with E-state index < -0.39 is 0 Å². The van der Waals surface area contributed by atoms with E-state index in [9.17, 15) is 4.79 Å². The Kier molecular flexibility index (Phi) is 4.75. The number of carbonyl (C=O) groups is 1. The van der Waals surface area contributed by atoms with Crippen LogP contribution < -0.4 is 5.32 Å². The van der Waals surface area contributed by atoms with Gasteiger partial charge in [-0.2, -0.15) is 0 Å². The number of benzene rings is 1. The molecule has 4 nitrogen and oxygen atoms in total. The molecule has 1 aromatic heterocycles. The first kappa shape index (κ1) is 15.3. The molecule has 21 heavy (non-hydrogen) atoms. The lowest BCUT2D eigenvalue weighted by molar-refractivity contribution is 0.0525. The summed E-state index contributed by atoms with van der Waals surface area (Å²) in [6, 6.07) is 7.29. The third-order valence-electron chi connectivity index (χ3n) is 3.09. The molecule has 1 heterocycles. The molecule has 2 aromatic rings. The van der Waals surface area contributed by atoms with Gasteiger partial charge in [0.1, 0.15) is 10.7 Å². The molecule has 1 N–H and O–H groups in total. The molecular weight excluding hydrogens is 286 g/mol. The van der Waals surface area contributed by atoms with Gasteiger partial charge in [0.25, 0.3) is 0 Å². The van der Waals surface area contributed by atoms with Gasteiger partial charge < -0.3 is 14.5 Å². The first-order valence-electron chi connectivity index (χ1n) is 6.66. The van der Waals surface area contributed by atoms with E-state index in [0.29, 0.717) is 17.2 Å². The molecule has 0 aliphatic heterocycles. The van der Waals surface area contributed by atoms with E-state index in [1.54, 1.807) is 19.3 Å². The minimum Gasteiger partial charge on any atom is -0.469 e. The highest BCUT2D eigenvalue weighted by molar-refractivity contribution is 7.81. The Labute approximate surface area is 129 Å². The van der Waals surface area contributed by atoms with Crippen LogP contribution in [-0.2, 0) is 4.74 Å². The molecule has 0 spiro atoms. The summed E-state index contributed by atoms with van der Waals surface area (Å²) in [5.41, 5.74) is 2.98. The van der Waals surface area contributed by atoms with Crippen molar-refractivity contribution in [3.8, 4) is 0 Å². The molecule has 0 saturated heterocycles. The summed E-state index contributed by atoms with van der Waals surface area (Å²) in [7, 11) is 0.